The SMILES string of the molecule is CC(C)Oc1ccc(Nc2ccc(C(=O)Nc3ccc(F)c(F)c3)cn2)cc1. The van der Waals surface area contributed by atoms with Gasteiger partial charge in [0.25, 0.3) is 5.91 Å². The number of anilines is 3. The Morgan fingerprint density at radius 1 is 0.964 bits per heavy atom. The molecule has 0 saturated heterocycles. The van der Waals surface area contributed by atoms with Crippen LogP contribution in [0.4, 0.5) is 26.0 Å². The summed E-state index contributed by atoms with van der Waals surface area (Å²) in [5.41, 5.74) is 1.27. The molecule has 7 heteroatoms. The highest BCUT2D eigenvalue weighted by atomic mass is 19.2. The van der Waals surface area contributed by atoms with Gasteiger partial charge in [-0.05, 0) is 62.4 Å². The lowest BCUT2D eigenvalue weighted by Crippen LogP contribution is -2.12. The van der Waals surface area contributed by atoms with E-state index in [1.807, 2.05) is 38.1 Å². The predicted octanol–water partition coefficient (Wildman–Crippen LogP) is 5.14. The Balaban J connectivity index is 1.62. The molecular weight excluding hydrogens is 364 g/mol. The van der Waals surface area contributed by atoms with Crippen LogP contribution in [-0.4, -0.2) is 17.0 Å². The van der Waals surface area contributed by atoms with Gasteiger partial charge in [-0.25, -0.2) is 13.8 Å². The number of aromatic nitrogens is 1. The molecule has 2 aromatic carbocycles. The van der Waals surface area contributed by atoms with E-state index in [0.717, 1.165) is 23.6 Å². The summed E-state index contributed by atoms with van der Waals surface area (Å²) in [5, 5.41) is 5.62. The largest absolute Gasteiger partial charge is 0.491 e. The van der Waals surface area contributed by atoms with Crippen LogP contribution in [0.2, 0.25) is 0 Å². The lowest BCUT2D eigenvalue weighted by atomic mass is 10.2. The summed E-state index contributed by atoms with van der Waals surface area (Å²) in [5.74, 6) is -1.14. The highest BCUT2D eigenvalue weighted by Crippen LogP contribution is 2.20. The highest BCUT2D eigenvalue weighted by molar-refractivity contribution is 6.04. The third-order valence-corrected chi connectivity index (χ3v) is 3.70. The first-order valence-corrected chi connectivity index (χ1v) is 8.67. The van der Waals surface area contributed by atoms with Crippen molar-refractivity contribution in [2.24, 2.45) is 0 Å². The molecule has 1 amide bonds. The molecule has 1 heterocycles. The molecular formula is C21H19F2N3O2. The molecule has 144 valence electrons. The van der Waals surface area contributed by atoms with Gasteiger partial charge in [-0.1, -0.05) is 0 Å². The molecule has 1 aromatic heterocycles. The zero-order valence-electron chi connectivity index (χ0n) is 15.4. The third kappa shape index (κ3) is 5.03. The average Bonchev–Trinajstić information content (AvgIpc) is 2.66. The molecule has 0 radical (unpaired) electrons. The van der Waals surface area contributed by atoms with Gasteiger partial charge in [-0.15, -0.1) is 0 Å². The molecule has 0 spiro atoms. The number of nitrogens with zero attached hydrogens (tertiary/aromatic N) is 1. The summed E-state index contributed by atoms with van der Waals surface area (Å²) in [7, 11) is 0. The van der Waals surface area contributed by atoms with Gasteiger partial charge in [-0.3, -0.25) is 4.79 Å². The molecule has 0 saturated carbocycles. The lowest BCUT2D eigenvalue weighted by molar-refractivity contribution is 0.102. The number of halogens is 2. The van der Waals surface area contributed by atoms with Crippen LogP contribution in [0.15, 0.2) is 60.8 Å². The van der Waals surface area contributed by atoms with E-state index in [1.54, 1.807) is 12.1 Å². The van der Waals surface area contributed by atoms with Gasteiger partial charge in [0, 0.05) is 23.6 Å². The van der Waals surface area contributed by atoms with Crippen LogP contribution in [0.1, 0.15) is 24.2 Å². The van der Waals surface area contributed by atoms with Gasteiger partial charge in [0.1, 0.15) is 11.6 Å². The Morgan fingerprint density at radius 3 is 2.29 bits per heavy atom. The molecule has 28 heavy (non-hydrogen) atoms. The molecule has 0 fully saturated rings. The van der Waals surface area contributed by atoms with Gasteiger partial charge >= 0.3 is 0 Å². The molecule has 0 bridgehead atoms. The highest BCUT2D eigenvalue weighted by Gasteiger charge is 2.09. The fourth-order valence-corrected chi connectivity index (χ4v) is 2.42. The van der Waals surface area contributed by atoms with E-state index in [-0.39, 0.29) is 17.4 Å². The van der Waals surface area contributed by atoms with Gasteiger partial charge in [0.05, 0.1) is 11.7 Å². The Kier molecular flexibility index (Phi) is 5.84. The predicted molar refractivity (Wildman–Crippen MR) is 104 cm³/mol. The number of rotatable bonds is 6. The normalized spacial score (nSPS) is 10.6. The number of benzene rings is 2. The quantitative estimate of drug-likeness (QED) is 0.618. The minimum Gasteiger partial charge on any atom is -0.491 e. The van der Waals surface area contributed by atoms with Crippen LogP contribution in [0.5, 0.6) is 5.75 Å². The number of amides is 1. The summed E-state index contributed by atoms with van der Waals surface area (Å²) >= 11 is 0. The molecule has 3 aromatic rings. The molecule has 0 unspecified atom stereocenters. The Hall–Kier alpha value is -3.48. The summed E-state index contributed by atoms with van der Waals surface area (Å²) in [4.78, 5) is 16.4. The van der Waals surface area contributed by atoms with Crippen LogP contribution >= 0.6 is 0 Å². The van der Waals surface area contributed by atoms with Gasteiger partial charge in [0.2, 0.25) is 0 Å². The van der Waals surface area contributed by atoms with Crippen molar-refractivity contribution in [1.29, 1.82) is 0 Å². The molecule has 0 aliphatic rings. The summed E-state index contributed by atoms with van der Waals surface area (Å²) < 4.78 is 31.8. The van der Waals surface area contributed by atoms with Crippen molar-refractivity contribution in [2.75, 3.05) is 10.6 Å². The summed E-state index contributed by atoms with van der Waals surface area (Å²) in [6.07, 6.45) is 1.50. The van der Waals surface area contributed by atoms with Crippen LogP contribution in [-0.2, 0) is 0 Å². The van der Waals surface area contributed by atoms with Crippen LogP contribution in [0.3, 0.4) is 0 Å². The van der Waals surface area contributed by atoms with Gasteiger partial charge in [-0.2, -0.15) is 0 Å². The number of carbonyl (C=O) groups excluding carboxylic acids is 1. The Morgan fingerprint density at radius 2 is 1.68 bits per heavy atom. The maximum atomic E-state index is 13.2. The van der Waals surface area contributed by atoms with Crippen molar-refractivity contribution < 1.29 is 18.3 Å². The molecule has 3 rings (SSSR count). The Bertz CT molecular complexity index is 958. The first-order valence-electron chi connectivity index (χ1n) is 8.67. The maximum absolute atomic E-state index is 13.2. The molecule has 0 aliphatic heterocycles. The summed E-state index contributed by atoms with van der Waals surface area (Å²) in [6.45, 7) is 3.92. The smallest absolute Gasteiger partial charge is 0.257 e. The second kappa shape index (κ2) is 8.47. The van der Waals surface area contributed by atoms with Gasteiger partial charge in [0.15, 0.2) is 11.6 Å². The average molecular weight is 383 g/mol. The lowest BCUT2D eigenvalue weighted by Gasteiger charge is -2.11. The van der Waals surface area contributed by atoms with Crippen molar-refractivity contribution in [1.82, 2.24) is 4.98 Å². The number of carbonyl (C=O) groups is 1. The van der Waals surface area contributed by atoms with E-state index in [1.165, 1.54) is 12.3 Å². The minimum atomic E-state index is -1.03. The van der Waals surface area contributed by atoms with E-state index < -0.39 is 17.5 Å². The van der Waals surface area contributed by atoms with Crippen LogP contribution in [0.25, 0.3) is 0 Å². The number of nitrogens with one attached hydrogen (secondary N) is 2. The van der Waals surface area contributed by atoms with Crippen molar-refractivity contribution in [3.05, 3.63) is 78.0 Å². The maximum Gasteiger partial charge on any atom is 0.257 e. The number of hydrogen-bond donors (Lipinski definition) is 2. The van der Waals surface area contributed by atoms with Crippen LogP contribution in [0, 0.1) is 11.6 Å². The second-order valence-electron chi connectivity index (χ2n) is 6.33. The number of pyridine rings is 1. The first kappa shape index (κ1) is 19.3. The van der Waals surface area contributed by atoms with E-state index in [0.29, 0.717) is 5.82 Å². The van der Waals surface area contributed by atoms with Crippen molar-refractivity contribution in [3.63, 3.8) is 0 Å². The van der Waals surface area contributed by atoms with E-state index >= 15 is 0 Å². The Labute approximate surface area is 161 Å². The van der Waals surface area contributed by atoms with E-state index in [4.69, 9.17) is 4.74 Å². The third-order valence-electron chi connectivity index (χ3n) is 3.70. The first-order chi connectivity index (χ1) is 13.4. The van der Waals surface area contributed by atoms with E-state index in [2.05, 4.69) is 15.6 Å². The molecule has 0 aliphatic carbocycles. The standard InChI is InChI=1S/C21H19F2N3O2/c1-13(2)28-17-7-4-15(5-8-17)25-20-10-3-14(12-24-20)21(27)26-16-6-9-18(22)19(23)11-16/h3-13H,1-2H3,(H,24,25)(H,26,27). The second-order valence-corrected chi connectivity index (χ2v) is 6.33. The van der Waals surface area contributed by atoms with Crippen LogP contribution < -0.4 is 15.4 Å². The fraction of sp³-hybridized carbons (Fsp3) is 0.143. The topological polar surface area (TPSA) is 63.2 Å². The molecule has 0 atom stereocenters. The van der Waals surface area contributed by atoms with Crippen molar-refractivity contribution in [3.8, 4) is 5.75 Å². The van der Waals surface area contributed by atoms with E-state index in [9.17, 15) is 13.6 Å². The van der Waals surface area contributed by atoms with Crippen molar-refractivity contribution >= 4 is 23.1 Å². The molecule has 2 N–H and O–H groups in total. The molecule has 5 nitrogen and oxygen atoms in total. The number of hydrogen-bond acceptors (Lipinski definition) is 4. The minimum absolute atomic E-state index is 0.102. The number of ether oxygens (including phenoxy) is 1. The van der Waals surface area contributed by atoms with Crippen molar-refractivity contribution in [2.45, 2.75) is 20.0 Å². The van der Waals surface area contributed by atoms with Gasteiger partial charge < -0.3 is 15.4 Å². The zero-order chi connectivity index (χ0) is 20.1. The summed E-state index contributed by atoms with van der Waals surface area (Å²) in [6, 6.07) is 13.8. The zero-order valence-corrected chi connectivity index (χ0v) is 15.4. The fourth-order valence-electron chi connectivity index (χ4n) is 2.42. The monoisotopic (exact) mass is 383 g/mol.